The van der Waals surface area contributed by atoms with Crippen LogP contribution in [0.15, 0.2) is 67.0 Å². The summed E-state index contributed by atoms with van der Waals surface area (Å²) < 4.78 is 7.30. The lowest BCUT2D eigenvalue weighted by Gasteiger charge is -2.20. The summed E-state index contributed by atoms with van der Waals surface area (Å²) in [7, 11) is 1.81. The molecule has 0 amide bonds. The van der Waals surface area contributed by atoms with Gasteiger partial charge in [-0.2, -0.15) is 0 Å². The molecule has 1 aliphatic rings. The van der Waals surface area contributed by atoms with Crippen LogP contribution in [0, 0.1) is 0 Å². The van der Waals surface area contributed by atoms with E-state index in [1.807, 2.05) is 43.4 Å². The van der Waals surface area contributed by atoms with E-state index in [-0.39, 0.29) is 5.92 Å². The summed E-state index contributed by atoms with van der Waals surface area (Å²) >= 11 is 0. The van der Waals surface area contributed by atoms with Crippen LogP contribution in [0.25, 0.3) is 11.2 Å². The number of aliphatic hydroxyl groups excluding tert-OH is 3. The molecule has 0 radical (unpaired) electrons. The monoisotopic (exact) mass is 490 g/mol. The van der Waals surface area contributed by atoms with Crippen LogP contribution in [0.1, 0.15) is 29.1 Å². The van der Waals surface area contributed by atoms with Crippen molar-refractivity contribution in [3.63, 3.8) is 0 Å². The van der Waals surface area contributed by atoms with Crippen molar-refractivity contribution < 1.29 is 20.1 Å². The summed E-state index contributed by atoms with van der Waals surface area (Å²) in [5.41, 5.74) is 3.33. The van der Waals surface area contributed by atoms with Crippen LogP contribution in [0.3, 0.4) is 0 Å². The number of hydrogen-bond donors (Lipinski definition) is 5. The van der Waals surface area contributed by atoms with Crippen molar-refractivity contribution in [1.29, 1.82) is 0 Å². The fourth-order valence-corrected chi connectivity index (χ4v) is 4.62. The number of benzene rings is 2. The van der Waals surface area contributed by atoms with Crippen molar-refractivity contribution in [1.82, 2.24) is 24.8 Å². The van der Waals surface area contributed by atoms with Crippen molar-refractivity contribution >= 4 is 17.0 Å². The summed E-state index contributed by atoms with van der Waals surface area (Å²) in [5.74, 6) is 1.18. The van der Waals surface area contributed by atoms with Crippen LogP contribution in [0.4, 0.5) is 5.82 Å². The van der Waals surface area contributed by atoms with Gasteiger partial charge in [-0.05, 0) is 18.2 Å². The molecular weight excluding hydrogens is 460 g/mol. The maximum atomic E-state index is 10.6. The van der Waals surface area contributed by atoms with Crippen LogP contribution in [-0.2, 0) is 11.3 Å². The number of imidazole rings is 1. The first-order valence-corrected chi connectivity index (χ1v) is 11.9. The fraction of sp³-hybridized carbons (Fsp3) is 0.346. The van der Waals surface area contributed by atoms with Gasteiger partial charge in [0.05, 0.1) is 19.5 Å². The Morgan fingerprint density at radius 3 is 2.22 bits per heavy atom. The fourth-order valence-electron chi connectivity index (χ4n) is 4.62. The number of hydrogen-bond acceptors (Lipinski definition) is 9. The normalized spacial score (nSPS) is 21.9. The average molecular weight is 491 g/mol. The second-order valence-corrected chi connectivity index (χ2v) is 8.83. The Hall–Kier alpha value is -3.41. The Kier molecular flexibility index (Phi) is 7.21. The highest BCUT2D eigenvalue weighted by molar-refractivity contribution is 5.83. The Bertz CT molecular complexity index is 1250. The zero-order valence-corrected chi connectivity index (χ0v) is 19.9. The minimum Gasteiger partial charge on any atom is -0.394 e. The SMILES string of the molecule is CNCc1nc(NCC(c2ccccc2)c2ccccc2)c2ncn(C3O[C@H](CO)[C@@H](O)C3O)c2n1. The average Bonchev–Trinajstić information content (AvgIpc) is 3.46. The molecule has 0 aliphatic carbocycles. The molecule has 3 heterocycles. The van der Waals surface area contributed by atoms with E-state index in [1.54, 1.807) is 4.57 Å². The number of nitrogens with zero attached hydrogens (tertiary/aromatic N) is 4. The maximum absolute atomic E-state index is 10.6. The van der Waals surface area contributed by atoms with Crippen LogP contribution in [-0.4, -0.2) is 73.3 Å². The lowest BCUT2D eigenvalue weighted by Crippen LogP contribution is -2.33. The molecule has 4 atom stereocenters. The summed E-state index contributed by atoms with van der Waals surface area (Å²) in [4.78, 5) is 13.9. The number of anilines is 1. The first-order valence-electron chi connectivity index (χ1n) is 11.9. The van der Waals surface area contributed by atoms with E-state index in [4.69, 9.17) is 9.72 Å². The van der Waals surface area contributed by atoms with Gasteiger partial charge in [-0.15, -0.1) is 0 Å². The molecule has 2 unspecified atom stereocenters. The third kappa shape index (κ3) is 4.69. The maximum Gasteiger partial charge on any atom is 0.168 e. The molecule has 0 bridgehead atoms. The van der Waals surface area contributed by atoms with Crippen LogP contribution in [0.2, 0.25) is 0 Å². The molecule has 1 saturated heterocycles. The first-order chi connectivity index (χ1) is 17.6. The van der Waals surface area contributed by atoms with E-state index in [9.17, 15) is 15.3 Å². The first kappa shape index (κ1) is 24.3. The Morgan fingerprint density at radius 2 is 1.64 bits per heavy atom. The van der Waals surface area contributed by atoms with Crippen LogP contribution in [0.5, 0.6) is 0 Å². The van der Waals surface area contributed by atoms with Crippen molar-refractivity contribution in [2.24, 2.45) is 0 Å². The minimum atomic E-state index is -1.24. The molecule has 2 aromatic heterocycles. The van der Waals surface area contributed by atoms with E-state index in [1.165, 1.54) is 17.5 Å². The van der Waals surface area contributed by atoms with Gasteiger partial charge >= 0.3 is 0 Å². The van der Waals surface area contributed by atoms with Gasteiger partial charge in [0.25, 0.3) is 0 Å². The van der Waals surface area contributed by atoms with Crippen molar-refractivity contribution in [3.8, 4) is 0 Å². The predicted octanol–water partition coefficient (Wildman–Crippen LogP) is 1.40. The number of ether oxygens (including phenoxy) is 1. The number of rotatable bonds is 9. The van der Waals surface area contributed by atoms with Crippen molar-refractivity contribution in [2.75, 3.05) is 25.5 Å². The van der Waals surface area contributed by atoms with Crippen molar-refractivity contribution in [2.45, 2.75) is 37.0 Å². The molecule has 5 N–H and O–H groups in total. The molecule has 2 aromatic carbocycles. The number of nitrogens with one attached hydrogen (secondary N) is 2. The Balaban J connectivity index is 1.50. The van der Waals surface area contributed by atoms with Gasteiger partial charge in [0, 0.05) is 12.5 Å². The molecule has 188 valence electrons. The zero-order chi connectivity index (χ0) is 25.1. The standard InChI is InChI=1S/C26H30N6O4/c1-27-13-20-30-24(28-12-18(16-8-4-2-5-9-16)17-10-6-3-7-11-17)21-25(31-20)32(15-29-21)26-23(35)22(34)19(14-33)36-26/h2-11,15,18-19,22-23,26-27,33-35H,12-14H2,1H3,(H,28,30,31)/t19-,22-,23?,26?/m1/s1. The zero-order valence-electron chi connectivity index (χ0n) is 19.9. The van der Waals surface area contributed by atoms with E-state index < -0.39 is 31.1 Å². The lowest BCUT2D eigenvalue weighted by molar-refractivity contribution is -0.0511. The third-order valence-electron chi connectivity index (χ3n) is 6.47. The second kappa shape index (κ2) is 10.7. The number of fused-ring (bicyclic) bond motifs is 1. The lowest BCUT2D eigenvalue weighted by atomic mass is 9.91. The van der Waals surface area contributed by atoms with Gasteiger partial charge in [-0.3, -0.25) is 4.57 Å². The summed E-state index contributed by atoms with van der Waals surface area (Å²) in [6.07, 6.45) is -2.77. The molecule has 0 saturated carbocycles. The molecule has 1 fully saturated rings. The highest BCUT2D eigenvalue weighted by Gasteiger charge is 2.44. The van der Waals surface area contributed by atoms with E-state index >= 15 is 0 Å². The quantitative estimate of drug-likeness (QED) is 0.236. The molecular formula is C26H30N6O4. The van der Waals surface area contributed by atoms with Crippen molar-refractivity contribution in [3.05, 3.63) is 83.9 Å². The van der Waals surface area contributed by atoms with Gasteiger partial charge in [-0.25, -0.2) is 15.0 Å². The Labute approximate surface area is 208 Å². The second-order valence-electron chi connectivity index (χ2n) is 8.83. The highest BCUT2D eigenvalue weighted by atomic mass is 16.6. The summed E-state index contributed by atoms with van der Waals surface area (Å²) in [6, 6.07) is 20.6. The molecule has 5 rings (SSSR count). The minimum absolute atomic E-state index is 0.0766. The van der Waals surface area contributed by atoms with Gasteiger partial charge < -0.3 is 30.7 Å². The molecule has 1 aliphatic heterocycles. The molecule has 10 nitrogen and oxygen atoms in total. The highest BCUT2D eigenvalue weighted by Crippen LogP contribution is 2.33. The van der Waals surface area contributed by atoms with Crippen LogP contribution < -0.4 is 10.6 Å². The molecule has 0 spiro atoms. The predicted molar refractivity (Wildman–Crippen MR) is 134 cm³/mol. The number of aliphatic hydroxyl groups is 3. The van der Waals surface area contributed by atoms with Gasteiger partial charge in [0.1, 0.15) is 24.1 Å². The van der Waals surface area contributed by atoms with Gasteiger partial charge in [0.15, 0.2) is 23.2 Å². The van der Waals surface area contributed by atoms with Crippen LogP contribution >= 0.6 is 0 Å². The molecule has 10 heteroatoms. The van der Waals surface area contributed by atoms with E-state index in [0.29, 0.717) is 35.9 Å². The summed E-state index contributed by atoms with van der Waals surface area (Å²) in [5, 5.41) is 36.8. The van der Waals surface area contributed by atoms with E-state index in [0.717, 1.165) is 0 Å². The topological polar surface area (TPSA) is 138 Å². The third-order valence-corrected chi connectivity index (χ3v) is 6.47. The Morgan fingerprint density at radius 1 is 0.972 bits per heavy atom. The van der Waals surface area contributed by atoms with E-state index in [2.05, 4.69) is 44.9 Å². The molecule has 36 heavy (non-hydrogen) atoms. The molecule has 4 aromatic rings. The van der Waals surface area contributed by atoms with Gasteiger partial charge in [0.2, 0.25) is 0 Å². The number of aromatic nitrogens is 4. The largest absolute Gasteiger partial charge is 0.394 e. The summed E-state index contributed by atoms with van der Waals surface area (Å²) in [6.45, 7) is 0.584. The van der Waals surface area contributed by atoms with Gasteiger partial charge in [-0.1, -0.05) is 60.7 Å². The smallest absolute Gasteiger partial charge is 0.168 e.